The molecule has 0 unspecified atom stereocenters. The molecule has 7 heteroatoms. The Hall–Kier alpha value is -7.51. The molecule has 0 radical (unpaired) electrons. The van der Waals surface area contributed by atoms with Gasteiger partial charge in [0.15, 0.2) is 17.5 Å². The number of rotatable bonds is 7. The molecule has 7 aromatic carbocycles. The standard InChI is InChI=1S/C49H35N7/c1-32-21-25-39(26-22-32)55-43-19-11-9-17-41(43)50-48(55)37-29-36(47-53-45(34-13-5-3-6-14-34)52-46(54-47)35-15-7-4-8-16-35)30-38(31-37)49-51-42-18-10-12-20-44(42)56(49)40-27-23-33(2)24-28-40/h3-31H,1-2H3. The topological polar surface area (TPSA) is 74.3 Å². The van der Waals surface area contributed by atoms with E-state index in [-0.39, 0.29) is 0 Å². The summed E-state index contributed by atoms with van der Waals surface area (Å²) in [4.78, 5) is 25.9. The van der Waals surface area contributed by atoms with Crippen LogP contribution in [0.5, 0.6) is 0 Å². The zero-order valence-electron chi connectivity index (χ0n) is 30.9. The van der Waals surface area contributed by atoms with E-state index in [2.05, 4.69) is 126 Å². The van der Waals surface area contributed by atoms with E-state index in [1.807, 2.05) is 72.8 Å². The highest BCUT2D eigenvalue weighted by atomic mass is 15.1. The van der Waals surface area contributed by atoms with E-state index in [0.29, 0.717) is 17.5 Å². The van der Waals surface area contributed by atoms with Crippen LogP contribution in [0.4, 0.5) is 0 Å². The van der Waals surface area contributed by atoms with Gasteiger partial charge in [0.2, 0.25) is 0 Å². The van der Waals surface area contributed by atoms with Crippen LogP contribution in [0.25, 0.3) is 90.4 Å². The Morgan fingerprint density at radius 3 is 1.11 bits per heavy atom. The molecule has 0 aliphatic heterocycles. The average molecular weight is 722 g/mol. The van der Waals surface area contributed by atoms with Gasteiger partial charge in [-0.25, -0.2) is 24.9 Å². The van der Waals surface area contributed by atoms with Crippen LogP contribution in [0.3, 0.4) is 0 Å². The smallest absolute Gasteiger partial charge is 0.164 e. The van der Waals surface area contributed by atoms with Crippen molar-refractivity contribution in [3.8, 4) is 68.3 Å². The molecular formula is C49H35N7. The molecule has 3 heterocycles. The molecule has 10 rings (SSSR count). The van der Waals surface area contributed by atoms with Crippen molar-refractivity contribution in [3.05, 3.63) is 187 Å². The fourth-order valence-corrected chi connectivity index (χ4v) is 7.30. The summed E-state index contributed by atoms with van der Waals surface area (Å²) in [7, 11) is 0. The van der Waals surface area contributed by atoms with E-state index in [1.165, 1.54) is 11.1 Å². The molecule has 3 aromatic heterocycles. The van der Waals surface area contributed by atoms with E-state index < -0.39 is 0 Å². The first-order valence-electron chi connectivity index (χ1n) is 18.7. The fourth-order valence-electron chi connectivity index (χ4n) is 7.30. The molecule has 0 amide bonds. The molecule has 0 spiro atoms. The van der Waals surface area contributed by atoms with Gasteiger partial charge < -0.3 is 0 Å². The molecule has 0 aliphatic carbocycles. The lowest BCUT2D eigenvalue weighted by Crippen LogP contribution is -2.03. The number of fused-ring (bicyclic) bond motifs is 2. The lowest BCUT2D eigenvalue weighted by molar-refractivity contribution is 1.07. The second-order valence-corrected chi connectivity index (χ2v) is 14.0. The second-order valence-electron chi connectivity index (χ2n) is 14.0. The van der Waals surface area contributed by atoms with E-state index >= 15 is 0 Å². The molecule has 0 saturated carbocycles. The normalized spacial score (nSPS) is 11.4. The van der Waals surface area contributed by atoms with Crippen molar-refractivity contribution in [3.63, 3.8) is 0 Å². The van der Waals surface area contributed by atoms with Crippen LogP contribution >= 0.6 is 0 Å². The van der Waals surface area contributed by atoms with E-state index in [4.69, 9.17) is 24.9 Å². The highest BCUT2D eigenvalue weighted by Gasteiger charge is 2.22. The van der Waals surface area contributed by atoms with Crippen molar-refractivity contribution >= 4 is 22.1 Å². The van der Waals surface area contributed by atoms with Crippen molar-refractivity contribution in [2.24, 2.45) is 0 Å². The van der Waals surface area contributed by atoms with Gasteiger partial charge in [-0.05, 0) is 80.6 Å². The van der Waals surface area contributed by atoms with E-state index in [0.717, 1.165) is 72.9 Å². The summed E-state index contributed by atoms with van der Waals surface area (Å²) in [5.41, 5.74) is 12.7. The van der Waals surface area contributed by atoms with Crippen molar-refractivity contribution in [2.75, 3.05) is 0 Å². The van der Waals surface area contributed by atoms with Crippen molar-refractivity contribution < 1.29 is 0 Å². The average Bonchev–Trinajstić information content (AvgIpc) is 3.84. The molecule has 0 fully saturated rings. The van der Waals surface area contributed by atoms with Gasteiger partial charge in [0, 0.05) is 39.2 Å². The molecule has 0 saturated heterocycles. The first kappa shape index (κ1) is 33.1. The van der Waals surface area contributed by atoms with Gasteiger partial charge in [-0.1, -0.05) is 120 Å². The van der Waals surface area contributed by atoms with Crippen LogP contribution in [0.1, 0.15) is 11.1 Å². The first-order chi connectivity index (χ1) is 27.6. The zero-order valence-corrected chi connectivity index (χ0v) is 30.9. The number of imidazole rings is 2. The number of benzene rings is 7. The summed E-state index contributed by atoms with van der Waals surface area (Å²) in [6.45, 7) is 4.21. The minimum Gasteiger partial charge on any atom is -0.292 e. The SMILES string of the molecule is Cc1ccc(-n2c(-c3cc(-c4nc(-c5ccccc5)nc(-c5ccccc5)n4)cc(-c4nc5ccccc5n4-c4ccc(C)cc4)c3)nc3ccccc32)cc1. The van der Waals surface area contributed by atoms with E-state index in [1.54, 1.807) is 0 Å². The van der Waals surface area contributed by atoms with Crippen LogP contribution in [-0.2, 0) is 0 Å². The maximum absolute atomic E-state index is 5.30. The van der Waals surface area contributed by atoms with Crippen molar-refractivity contribution in [1.82, 2.24) is 34.1 Å². The van der Waals surface area contributed by atoms with Crippen LogP contribution in [-0.4, -0.2) is 34.1 Å². The van der Waals surface area contributed by atoms with Gasteiger partial charge in [-0.15, -0.1) is 0 Å². The number of nitrogens with zero attached hydrogens (tertiary/aromatic N) is 7. The predicted molar refractivity (Wildman–Crippen MR) is 226 cm³/mol. The van der Waals surface area contributed by atoms with Crippen molar-refractivity contribution in [1.29, 1.82) is 0 Å². The Labute approximate surface area is 324 Å². The highest BCUT2D eigenvalue weighted by molar-refractivity contribution is 5.88. The van der Waals surface area contributed by atoms with Crippen LogP contribution in [0.15, 0.2) is 176 Å². The third kappa shape index (κ3) is 6.01. The van der Waals surface area contributed by atoms with Gasteiger partial charge in [0.25, 0.3) is 0 Å². The maximum Gasteiger partial charge on any atom is 0.164 e. The third-order valence-corrected chi connectivity index (χ3v) is 10.1. The molecule has 0 bridgehead atoms. The van der Waals surface area contributed by atoms with Crippen LogP contribution in [0.2, 0.25) is 0 Å². The summed E-state index contributed by atoms with van der Waals surface area (Å²) in [5.74, 6) is 3.35. The number of aromatic nitrogens is 7. The Bertz CT molecular complexity index is 2820. The number of aryl methyl sites for hydroxylation is 2. The molecule has 0 atom stereocenters. The molecule has 0 aliphatic rings. The lowest BCUT2D eigenvalue weighted by atomic mass is 10.0. The molecular weight excluding hydrogens is 687 g/mol. The minimum absolute atomic E-state index is 0.553. The molecule has 0 N–H and O–H groups in total. The van der Waals surface area contributed by atoms with Gasteiger partial charge in [-0.3, -0.25) is 9.13 Å². The second kappa shape index (κ2) is 13.7. The summed E-state index contributed by atoms with van der Waals surface area (Å²) < 4.78 is 4.47. The third-order valence-electron chi connectivity index (χ3n) is 10.1. The molecule has 56 heavy (non-hydrogen) atoms. The van der Waals surface area contributed by atoms with Crippen LogP contribution < -0.4 is 0 Å². The van der Waals surface area contributed by atoms with Crippen LogP contribution in [0, 0.1) is 13.8 Å². The first-order valence-corrected chi connectivity index (χ1v) is 18.7. The monoisotopic (exact) mass is 721 g/mol. The fraction of sp³-hybridized carbons (Fsp3) is 0.0408. The zero-order chi connectivity index (χ0) is 37.6. The largest absolute Gasteiger partial charge is 0.292 e. The maximum atomic E-state index is 5.30. The molecule has 7 nitrogen and oxygen atoms in total. The lowest BCUT2D eigenvalue weighted by Gasteiger charge is -2.15. The summed E-state index contributed by atoms with van der Waals surface area (Å²) in [5, 5.41) is 0. The minimum atomic E-state index is 0.553. The quantitative estimate of drug-likeness (QED) is 0.164. The van der Waals surface area contributed by atoms with E-state index in [9.17, 15) is 0 Å². The summed E-state index contributed by atoms with van der Waals surface area (Å²) in [6.07, 6.45) is 0. The molecule has 10 aromatic rings. The van der Waals surface area contributed by atoms with Gasteiger partial charge in [0.1, 0.15) is 11.6 Å². The highest BCUT2D eigenvalue weighted by Crippen LogP contribution is 2.37. The summed E-state index contributed by atoms with van der Waals surface area (Å²) in [6, 6.07) is 60.4. The van der Waals surface area contributed by atoms with Gasteiger partial charge >= 0.3 is 0 Å². The van der Waals surface area contributed by atoms with Gasteiger partial charge in [-0.2, -0.15) is 0 Å². The number of para-hydroxylation sites is 4. The Morgan fingerprint density at radius 1 is 0.321 bits per heavy atom. The Morgan fingerprint density at radius 2 is 0.679 bits per heavy atom. The number of hydrogen-bond donors (Lipinski definition) is 0. The predicted octanol–water partition coefficient (Wildman–Crippen LogP) is 11.5. The number of hydrogen-bond acceptors (Lipinski definition) is 5. The molecule has 266 valence electrons. The van der Waals surface area contributed by atoms with Crippen molar-refractivity contribution in [2.45, 2.75) is 13.8 Å². The Kier molecular flexibility index (Phi) is 8.11. The van der Waals surface area contributed by atoms with Gasteiger partial charge in [0.05, 0.1) is 22.1 Å². The summed E-state index contributed by atoms with van der Waals surface area (Å²) >= 11 is 0. The Balaban J connectivity index is 1.28.